The Morgan fingerprint density at radius 1 is 1.09 bits per heavy atom. The molecule has 5 rings (SSSR count). The highest BCUT2D eigenvalue weighted by Gasteiger charge is 2.49. The predicted molar refractivity (Wildman–Crippen MR) is 115 cm³/mol. The molecule has 8 heteroatoms. The summed E-state index contributed by atoms with van der Waals surface area (Å²) >= 11 is 0. The van der Waals surface area contributed by atoms with Gasteiger partial charge in [-0.05, 0) is 30.3 Å². The number of anilines is 1. The molecule has 2 aliphatic heterocycles. The molecule has 3 N–H and O–H groups in total. The third-order valence-corrected chi connectivity index (χ3v) is 5.89. The summed E-state index contributed by atoms with van der Waals surface area (Å²) in [4.78, 5) is 8.85. The monoisotopic (exact) mass is 432 g/mol. The van der Waals surface area contributed by atoms with Crippen LogP contribution in [-0.2, 0) is 16.0 Å². The minimum atomic E-state index is -0.302. The van der Waals surface area contributed by atoms with E-state index in [1.165, 1.54) is 12.1 Å². The van der Waals surface area contributed by atoms with E-state index < -0.39 is 0 Å². The summed E-state index contributed by atoms with van der Waals surface area (Å²) < 4.78 is 25.7. The molecule has 0 bridgehead atoms. The maximum atomic E-state index is 13.6. The molecule has 0 amide bonds. The zero-order valence-corrected chi connectivity index (χ0v) is 17.3. The molecule has 2 aliphatic rings. The van der Waals surface area contributed by atoms with E-state index in [4.69, 9.17) is 14.7 Å². The van der Waals surface area contributed by atoms with Crippen molar-refractivity contribution in [2.24, 2.45) is 0 Å². The summed E-state index contributed by atoms with van der Waals surface area (Å²) in [6.45, 7) is 1.85. The van der Waals surface area contributed by atoms with Crippen LogP contribution in [0.1, 0.15) is 11.1 Å². The van der Waals surface area contributed by atoms with E-state index in [0.717, 1.165) is 12.1 Å². The van der Waals surface area contributed by atoms with Crippen molar-refractivity contribution in [3.05, 3.63) is 77.7 Å². The molecule has 4 atom stereocenters. The Morgan fingerprint density at radius 2 is 1.97 bits per heavy atom. The molecule has 0 saturated carbocycles. The molecule has 32 heavy (non-hydrogen) atoms. The molecule has 7 nitrogen and oxygen atoms in total. The fourth-order valence-corrected chi connectivity index (χ4v) is 4.31. The van der Waals surface area contributed by atoms with Crippen molar-refractivity contribution >= 4 is 5.95 Å². The van der Waals surface area contributed by atoms with Crippen LogP contribution in [0.25, 0.3) is 11.3 Å². The van der Waals surface area contributed by atoms with Gasteiger partial charge in [0, 0.05) is 17.3 Å². The fraction of sp³-hybridized carbons (Fsp3) is 0.292. The largest absolute Gasteiger partial charge is 0.367 e. The van der Waals surface area contributed by atoms with E-state index in [2.05, 4.69) is 26.7 Å². The first-order chi connectivity index (χ1) is 15.7. The van der Waals surface area contributed by atoms with Gasteiger partial charge in [-0.1, -0.05) is 24.3 Å². The number of fused-ring (bicyclic) bond motifs is 1. The highest BCUT2D eigenvalue weighted by molar-refractivity contribution is 5.60. The number of nitrogens with zero attached hydrogens (tertiary/aromatic N) is 3. The first-order valence-electron chi connectivity index (χ1n) is 10.6. The zero-order chi connectivity index (χ0) is 21.9. The number of nitrogens with two attached hydrogens (primary N) is 1. The Morgan fingerprint density at radius 3 is 2.84 bits per heavy atom. The van der Waals surface area contributed by atoms with Crippen LogP contribution in [0, 0.1) is 17.1 Å². The second-order valence-electron chi connectivity index (χ2n) is 8.04. The number of nitriles is 1. The Labute approximate surface area is 185 Å². The third kappa shape index (κ3) is 4.32. The smallest absolute Gasteiger partial charge is 0.223 e. The van der Waals surface area contributed by atoms with E-state index in [1.807, 2.05) is 24.3 Å². The summed E-state index contributed by atoms with van der Waals surface area (Å²) in [5, 5.41) is 14.6. The minimum absolute atomic E-state index is 0.0296. The molecule has 0 spiro atoms. The summed E-state index contributed by atoms with van der Waals surface area (Å²) in [6.07, 6.45) is 1.53. The summed E-state index contributed by atoms with van der Waals surface area (Å²) in [5.41, 5.74) is 3.11. The van der Waals surface area contributed by atoms with Gasteiger partial charge in [0.1, 0.15) is 37.2 Å². The molecule has 2 fully saturated rings. The van der Waals surface area contributed by atoms with Gasteiger partial charge in [0.25, 0.3) is 0 Å². The molecule has 2 saturated heterocycles. The van der Waals surface area contributed by atoms with Crippen molar-refractivity contribution < 1.29 is 19.2 Å². The average Bonchev–Trinajstić information content (AvgIpc) is 3.41. The van der Waals surface area contributed by atoms with Gasteiger partial charge in [0.15, 0.2) is 0 Å². The molecule has 3 heterocycles. The van der Waals surface area contributed by atoms with E-state index >= 15 is 0 Å². The van der Waals surface area contributed by atoms with Crippen molar-refractivity contribution in [3.8, 4) is 17.3 Å². The molecular weight excluding hydrogens is 409 g/mol. The van der Waals surface area contributed by atoms with E-state index in [9.17, 15) is 4.39 Å². The van der Waals surface area contributed by atoms with Crippen LogP contribution in [-0.4, -0.2) is 47.5 Å². The maximum Gasteiger partial charge on any atom is 0.223 e. The summed E-state index contributed by atoms with van der Waals surface area (Å²) in [7, 11) is 0. The van der Waals surface area contributed by atoms with E-state index in [0.29, 0.717) is 36.0 Å². The number of quaternary nitrogens is 1. The molecular formula is C24H23FN5O2+. The SMILES string of the molecule is N#Cc1cccc(C[NH2+][C@H]2CO[C@H]3[C@@H]2OC[C@@H]3Nc2nccc(-c3cccc(F)c3)n2)c1. The molecule has 1 aromatic heterocycles. The quantitative estimate of drug-likeness (QED) is 0.617. The lowest BCUT2D eigenvalue weighted by atomic mass is 10.1. The van der Waals surface area contributed by atoms with Gasteiger partial charge in [-0.2, -0.15) is 5.26 Å². The highest BCUT2D eigenvalue weighted by atomic mass is 19.1. The van der Waals surface area contributed by atoms with Gasteiger partial charge in [0.05, 0.1) is 30.0 Å². The third-order valence-electron chi connectivity index (χ3n) is 5.89. The zero-order valence-electron chi connectivity index (χ0n) is 17.3. The van der Waals surface area contributed by atoms with E-state index in [-0.39, 0.29) is 30.1 Å². The number of benzene rings is 2. The number of hydrogen-bond acceptors (Lipinski definition) is 6. The van der Waals surface area contributed by atoms with Crippen molar-refractivity contribution in [3.63, 3.8) is 0 Å². The van der Waals surface area contributed by atoms with Crippen LogP contribution in [0.5, 0.6) is 0 Å². The van der Waals surface area contributed by atoms with Crippen LogP contribution in [0.15, 0.2) is 60.8 Å². The Balaban J connectivity index is 1.22. The number of rotatable bonds is 6. The standard InChI is InChI=1S/C24H22FN5O2/c25-18-6-2-5-17(10-18)19-7-8-27-24(29-19)30-21-14-32-22-20(13-31-23(21)22)28-12-16-4-1-3-15(9-16)11-26/h1-10,20-23,28H,12-14H2,(H,27,29,30)/p+1/t20-,21-,22+,23+/m0/s1. The Bertz CT molecular complexity index is 1150. The number of ether oxygens (including phenoxy) is 2. The Kier molecular flexibility index (Phi) is 5.77. The molecule has 162 valence electrons. The fourth-order valence-electron chi connectivity index (χ4n) is 4.31. The first kappa shape index (κ1) is 20.5. The number of nitrogens with one attached hydrogen (secondary N) is 1. The second-order valence-corrected chi connectivity index (χ2v) is 8.04. The van der Waals surface area contributed by atoms with Gasteiger partial charge < -0.3 is 20.1 Å². The average molecular weight is 432 g/mol. The van der Waals surface area contributed by atoms with Crippen LogP contribution >= 0.6 is 0 Å². The van der Waals surface area contributed by atoms with Gasteiger partial charge in [0.2, 0.25) is 5.95 Å². The number of hydrogen-bond donors (Lipinski definition) is 2. The lowest BCUT2D eigenvalue weighted by Gasteiger charge is -2.17. The molecule has 3 aromatic rings. The lowest BCUT2D eigenvalue weighted by Crippen LogP contribution is -2.91. The lowest BCUT2D eigenvalue weighted by molar-refractivity contribution is -0.707. The van der Waals surface area contributed by atoms with Crippen LogP contribution < -0.4 is 10.6 Å². The number of aromatic nitrogens is 2. The van der Waals surface area contributed by atoms with E-state index in [1.54, 1.807) is 24.4 Å². The van der Waals surface area contributed by atoms with Gasteiger partial charge in [-0.25, -0.2) is 14.4 Å². The van der Waals surface area contributed by atoms with Crippen LogP contribution in [0.4, 0.5) is 10.3 Å². The van der Waals surface area contributed by atoms with Gasteiger partial charge in [-0.3, -0.25) is 0 Å². The van der Waals surface area contributed by atoms with Crippen LogP contribution in [0.2, 0.25) is 0 Å². The predicted octanol–water partition coefficient (Wildman–Crippen LogP) is 1.86. The molecule has 0 radical (unpaired) electrons. The van der Waals surface area contributed by atoms with Crippen molar-refractivity contribution in [1.29, 1.82) is 5.26 Å². The first-order valence-corrected chi connectivity index (χ1v) is 10.6. The molecule has 2 aromatic carbocycles. The van der Waals surface area contributed by atoms with Gasteiger partial charge >= 0.3 is 0 Å². The normalized spacial score (nSPS) is 24.1. The molecule has 0 aliphatic carbocycles. The van der Waals surface area contributed by atoms with Crippen molar-refractivity contribution in [2.45, 2.75) is 30.8 Å². The summed E-state index contributed by atoms with van der Waals surface area (Å²) in [5.74, 6) is 0.161. The van der Waals surface area contributed by atoms with Crippen molar-refractivity contribution in [2.75, 3.05) is 18.5 Å². The minimum Gasteiger partial charge on any atom is -0.367 e. The second kappa shape index (κ2) is 9.01. The summed E-state index contributed by atoms with van der Waals surface area (Å²) in [6, 6.07) is 18.0. The topological polar surface area (TPSA) is 96.7 Å². The Hall–Kier alpha value is -3.38. The molecule has 0 unspecified atom stereocenters. The number of halogens is 1. The maximum absolute atomic E-state index is 13.6. The van der Waals surface area contributed by atoms with Crippen molar-refractivity contribution in [1.82, 2.24) is 9.97 Å². The highest BCUT2D eigenvalue weighted by Crippen LogP contribution is 2.28. The van der Waals surface area contributed by atoms with Crippen LogP contribution in [0.3, 0.4) is 0 Å². The van der Waals surface area contributed by atoms with Gasteiger partial charge in [-0.15, -0.1) is 0 Å².